The second kappa shape index (κ2) is 13.2. The minimum Gasteiger partial charge on any atom is -0.372 e. The zero-order valence-corrected chi connectivity index (χ0v) is 25.8. The van der Waals surface area contributed by atoms with Crippen LogP contribution in [0, 0.1) is 18.3 Å². The van der Waals surface area contributed by atoms with Crippen LogP contribution < -0.4 is 4.90 Å². The molecule has 2 aromatic carbocycles. The molecule has 3 atom stereocenters. The fourth-order valence-electron chi connectivity index (χ4n) is 6.97. The van der Waals surface area contributed by atoms with Gasteiger partial charge in [-0.2, -0.15) is 0 Å². The van der Waals surface area contributed by atoms with E-state index in [1.807, 2.05) is 0 Å². The molecule has 3 aliphatic rings. The molecule has 3 unspecified atom stereocenters. The molecule has 2 heteroatoms. The number of nitrogens with zero attached hydrogens (tertiary/aromatic N) is 1. The van der Waals surface area contributed by atoms with Gasteiger partial charge in [-0.15, -0.1) is 0 Å². The van der Waals surface area contributed by atoms with E-state index in [0.717, 1.165) is 38.8 Å². The van der Waals surface area contributed by atoms with Gasteiger partial charge in [0.25, 0.3) is 0 Å². The first-order valence-corrected chi connectivity index (χ1v) is 16.1. The van der Waals surface area contributed by atoms with E-state index in [2.05, 4.69) is 105 Å². The molecule has 0 spiro atoms. The molecule has 5 rings (SSSR count). The Balaban J connectivity index is 1.27. The van der Waals surface area contributed by atoms with Gasteiger partial charge in [-0.3, -0.25) is 4.79 Å². The Labute approximate surface area is 248 Å². The predicted molar refractivity (Wildman–Crippen MR) is 175 cm³/mol. The third kappa shape index (κ3) is 7.39. The summed E-state index contributed by atoms with van der Waals surface area (Å²) in [5.41, 5.74) is 9.97. The number of hydrogen-bond donors (Lipinski definition) is 0. The molecule has 3 aliphatic carbocycles. The van der Waals surface area contributed by atoms with Gasteiger partial charge in [0, 0.05) is 25.2 Å². The molecule has 0 aliphatic heterocycles. The number of aryl methyl sites for hydroxylation is 1. The van der Waals surface area contributed by atoms with Crippen LogP contribution in [0.5, 0.6) is 0 Å². The summed E-state index contributed by atoms with van der Waals surface area (Å²) in [6.07, 6.45) is 20.7. The lowest BCUT2D eigenvalue weighted by Crippen LogP contribution is -2.25. The second-order valence-corrected chi connectivity index (χ2v) is 13.0. The SMILES string of the molecule is CCCCN(CCC)c1ccc(C2CC2(C)CC2=CCC=C3C=CC(=O)CC(Cc4ccc(C)cc4)C3=CC2)cc1. The van der Waals surface area contributed by atoms with Crippen molar-refractivity contribution in [2.45, 2.75) is 91.4 Å². The number of fused-ring (bicyclic) bond motifs is 1. The number of allylic oxidation sites excluding steroid dienone is 8. The maximum Gasteiger partial charge on any atom is 0.156 e. The highest BCUT2D eigenvalue weighted by Crippen LogP contribution is 2.62. The van der Waals surface area contributed by atoms with Crippen LogP contribution in [0.2, 0.25) is 0 Å². The molecule has 1 fully saturated rings. The molecule has 1 saturated carbocycles. The average Bonchev–Trinajstić information content (AvgIpc) is 3.66. The fraction of sp³-hybridized carbons (Fsp3) is 0.462. The first-order chi connectivity index (χ1) is 19.9. The molecule has 2 nitrogen and oxygen atoms in total. The van der Waals surface area contributed by atoms with Gasteiger partial charge in [0.2, 0.25) is 0 Å². The van der Waals surface area contributed by atoms with Gasteiger partial charge in [-0.05, 0) is 110 Å². The standard InChI is InChI=1S/C39H49NO/c1-5-7-24-40(23-6-2)35-19-16-33(17-20-35)38-28-39(38,4)27-31-9-8-10-32-18-21-36(41)26-34(37(32)22-15-31)25-30-13-11-29(3)12-14-30/h9-14,16-22,34,38H,5-8,15,23-28H2,1-4H3. The number of rotatable bonds is 11. The highest BCUT2D eigenvalue weighted by atomic mass is 16.1. The number of unbranched alkanes of at least 4 members (excludes halogenated alkanes) is 1. The zero-order valence-electron chi connectivity index (χ0n) is 25.8. The van der Waals surface area contributed by atoms with Crippen LogP contribution in [0.25, 0.3) is 0 Å². The largest absolute Gasteiger partial charge is 0.372 e. The summed E-state index contributed by atoms with van der Waals surface area (Å²) in [5, 5.41) is 0. The lowest BCUT2D eigenvalue weighted by Gasteiger charge is -2.24. The van der Waals surface area contributed by atoms with Crippen molar-refractivity contribution in [1.29, 1.82) is 0 Å². The Bertz CT molecular complexity index is 1320. The fourth-order valence-corrected chi connectivity index (χ4v) is 6.97. The lowest BCUT2D eigenvalue weighted by atomic mass is 9.82. The molecule has 0 saturated heterocycles. The Morgan fingerprint density at radius 2 is 1.68 bits per heavy atom. The summed E-state index contributed by atoms with van der Waals surface area (Å²) in [6, 6.07) is 18.3. The predicted octanol–water partition coefficient (Wildman–Crippen LogP) is 9.86. The average molecular weight is 548 g/mol. The summed E-state index contributed by atoms with van der Waals surface area (Å²) < 4.78 is 0. The van der Waals surface area contributed by atoms with Gasteiger partial charge in [0.1, 0.15) is 0 Å². The monoisotopic (exact) mass is 547 g/mol. The summed E-state index contributed by atoms with van der Waals surface area (Å²) in [7, 11) is 0. The number of hydrogen-bond acceptors (Lipinski definition) is 2. The van der Waals surface area contributed by atoms with Crippen molar-refractivity contribution in [1.82, 2.24) is 0 Å². The highest BCUT2D eigenvalue weighted by Gasteiger charge is 2.50. The normalized spacial score (nSPS) is 23.9. The summed E-state index contributed by atoms with van der Waals surface area (Å²) in [4.78, 5) is 15.2. The minimum atomic E-state index is 0.234. The number of ketones is 1. The molecule has 2 aromatic rings. The first kappa shape index (κ1) is 29.4. The van der Waals surface area contributed by atoms with E-state index in [1.54, 1.807) is 11.6 Å². The molecular weight excluding hydrogens is 498 g/mol. The Morgan fingerprint density at radius 3 is 2.41 bits per heavy atom. The molecule has 0 heterocycles. The van der Waals surface area contributed by atoms with Gasteiger partial charge >= 0.3 is 0 Å². The maximum atomic E-state index is 12.7. The number of benzene rings is 2. The van der Waals surface area contributed by atoms with Crippen molar-refractivity contribution in [3.63, 3.8) is 0 Å². The van der Waals surface area contributed by atoms with Crippen LogP contribution in [0.15, 0.2) is 95.6 Å². The van der Waals surface area contributed by atoms with E-state index >= 15 is 0 Å². The van der Waals surface area contributed by atoms with Gasteiger partial charge in [-0.25, -0.2) is 0 Å². The van der Waals surface area contributed by atoms with E-state index < -0.39 is 0 Å². The molecule has 41 heavy (non-hydrogen) atoms. The van der Waals surface area contributed by atoms with E-state index in [-0.39, 0.29) is 11.7 Å². The molecular formula is C39H49NO. The highest BCUT2D eigenvalue weighted by molar-refractivity contribution is 5.91. The third-order valence-corrected chi connectivity index (χ3v) is 9.52. The maximum absolute atomic E-state index is 12.7. The molecule has 216 valence electrons. The van der Waals surface area contributed by atoms with Gasteiger partial charge in [-0.1, -0.05) is 99.0 Å². The van der Waals surface area contributed by atoms with Crippen molar-refractivity contribution in [3.05, 3.63) is 112 Å². The molecule has 0 N–H and O–H groups in total. The molecule has 0 amide bonds. The van der Waals surface area contributed by atoms with Gasteiger partial charge in [0.15, 0.2) is 5.78 Å². The van der Waals surface area contributed by atoms with Crippen LogP contribution in [0.3, 0.4) is 0 Å². The van der Waals surface area contributed by atoms with E-state index in [1.165, 1.54) is 59.2 Å². The van der Waals surface area contributed by atoms with Crippen molar-refractivity contribution in [3.8, 4) is 0 Å². The number of carbonyl (C=O) groups excluding carboxylic acids is 1. The van der Waals surface area contributed by atoms with Crippen LogP contribution in [0.1, 0.15) is 94.7 Å². The second-order valence-electron chi connectivity index (χ2n) is 13.0. The summed E-state index contributed by atoms with van der Waals surface area (Å²) >= 11 is 0. The van der Waals surface area contributed by atoms with E-state index in [0.29, 0.717) is 17.8 Å². The smallest absolute Gasteiger partial charge is 0.156 e. The molecule has 0 aromatic heterocycles. The Kier molecular flexibility index (Phi) is 9.48. The van der Waals surface area contributed by atoms with E-state index in [4.69, 9.17) is 0 Å². The summed E-state index contributed by atoms with van der Waals surface area (Å²) in [6.45, 7) is 11.4. The van der Waals surface area contributed by atoms with Crippen molar-refractivity contribution < 1.29 is 4.79 Å². The minimum absolute atomic E-state index is 0.234. The first-order valence-electron chi connectivity index (χ1n) is 16.1. The third-order valence-electron chi connectivity index (χ3n) is 9.52. The zero-order chi connectivity index (χ0) is 28.8. The van der Waals surface area contributed by atoms with Crippen LogP contribution in [0.4, 0.5) is 5.69 Å². The number of anilines is 1. The Hall–Kier alpha value is -3.13. The van der Waals surface area contributed by atoms with Gasteiger partial charge in [0.05, 0.1) is 0 Å². The summed E-state index contributed by atoms with van der Waals surface area (Å²) in [5.74, 6) is 1.12. The van der Waals surface area contributed by atoms with Crippen LogP contribution in [-0.4, -0.2) is 18.9 Å². The van der Waals surface area contributed by atoms with Crippen molar-refractivity contribution >= 4 is 11.5 Å². The lowest BCUT2D eigenvalue weighted by molar-refractivity contribution is -0.115. The van der Waals surface area contributed by atoms with E-state index in [9.17, 15) is 4.79 Å². The number of carbonyl (C=O) groups is 1. The van der Waals surface area contributed by atoms with Crippen molar-refractivity contribution in [2.24, 2.45) is 11.3 Å². The van der Waals surface area contributed by atoms with Gasteiger partial charge < -0.3 is 4.90 Å². The van der Waals surface area contributed by atoms with Crippen molar-refractivity contribution in [2.75, 3.05) is 18.0 Å². The van der Waals surface area contributed by atoms with Crippen LogP contribution in [-0.2, 0) is 11.2 Å². The molecule has 0 radical (unpaired) electrons. The topological polar surface area (TPSA) is 20.3 Å². The van der Waals surface area contributed by atoms with Crippen LogP contribution >= 0.6 is 0 Å². The Morgan fingerprint density at radius 1 is 0.902 bits per heavy atom. The molecule has 0 bridgehead atoms. The quantitative estimate of drug-likeness (QED) is 0.261.